The number of nitrogens with one attached hydrogen (secondary N) is 2. The third kappa shape index (κ3) is 3.19. The summed E-state index contributed by atoms with van der Waals surface area (Å²) < 4.78 is 70.9. The molecular weight excluding hydrogens is 266 g/mol. The van der Waals surface area contributed by atoms with E-state index in [1.54, 1.807) is 0 Å². The summed E-state index contributed by atoms with van der Waals surface area (Å²) in [5.41, 5.74) is -0.229. The van der Waals surface area contributed by atoms with Crippen LogP contribution in [0.1, 0.15) is 19.4 Å². The Balaban J connectivity index is 2.29. The second kappa shape index (κ2) is 5.77. The van der Waals surface area contributed by atoms with Gasteiger partial charge in [-0.05, 0) is 50.1 Å². The third-order valence-corrected chi connectivity index (χ3v) is 3.14. The van der Waals surface area contributed by atoms with Crippen LogP contribution < -0.4 is 5.31 Å². The van der Waals surface area contributed by atoms with E-state index in [0.29, 0.717) is 28.8 Å². The second-order valence-electron chi connectivity index (χ2n) is 5.10. The van der Waals surface area contributed by atoms with Crippen molar-refractivity contribution >= 4 is 17.0 Å². The van der Waals surface area contributed by atoms with Crippen molar-refractivity contribution in [1.82, 2.24) is 15.2 Å². The van der Waals surface area contributed by atoms with E-state index in [1.165, 1.54) is 0 Å². The van der Waals surface area contributed by atoms with E-state index >= 15 is 0 Å². The minimum atomic E-state index is -2.52. The maximum absolute atomic E-state index is 11.5. The zero-order valence-corrected chi connectivity index (χ0v) is 11.9. The zero-order chi connectivity index (χ0) is 21.8. The maximum Gasteiger partial charge on any atom is 0.407 e. The zero-order valence-electron chi connectivity index (χ0n) is 19.9. The van der Waals surface area contributed by atoms with Crippen LogP contribution in [-0.2, 0) is 17.5 Å². The Morgan fingerprint density at radius 3 is 3.14 bits per heavy atom. The van der Waals surface area contributed by atoms with Crippen LogP contribution in [0.5, 0.6) is 0 Å². The number of aromatic nitrogens is 1. The molecule has 3 rings (SSSR count). The SMILES string of the molecule is [2H]c1c(C([2H])([2H])[C@H]2COC(=O)N2[2H])c([2H])c2c(CCN(C)C)c([2H])n([2H])c2c1[2H]. The lowest BCUT2D eigenvalue weighted by Crippen LogP contribution is -2.28. The molecule has 1 fully saturated rings. The fourth-order valence-electron chi connectivity index (χ4n) is 2.06. The van der Waals surface area contributed by atoms with Gasteiger partial charge in [-0.2, -0.15) is 0 Å². The minimum Gasteiger partial charge on any atom is -0.447 e. The van der Waals surface area contributed by atoms with E-state index in [1.807, 2.05) is 19.0 Å². The van der Waals surface area contributed by atoms with Gasteiger partial charge in [-0.25, -0.2) is 4.79 Å². The van der Waals surface area contributed by atoms with Crippen LogP contribution in [0.3, 0.4) is 0 Å². The minimum absolute atomic E-state index is 0.0773. The molecule has 112 valence electrons. The number of ether oxygens (including phenoxy) is 1. The summed E-state index contributed by atoms with van der Waals surface area (Å²) in [6.07, 6.45) is -3.46. The molecule has 1 atom stereocenters. The lowest BCUT2D eigenvalue weighted by atomic mass is 10.0. The molecule has 2 heterocycles. The monoisotopic (exact) mass is 295 g/mol. The number of aromatic amines is 1. The first-order valence-corrected chi connectivity index (χ1v) is 6.64. The van der Waals surface area contributed by atoms with Gasteiger partial charge in [-0.15, -0.1) is 0 Å². The fourth-order valence-corrected chi connectivity index (χ4v) is 2.06. The largest absolute Gasteiger partial charge is 0.447 e. The summed E-state index contributed by atoms with van der Waals surface area (Å²) in [4.78, 5) is 14.1. The van der Waals surface area contributed by atoms with Crippen molar-refractivity contribution in [2.75, 3.05) is 27.2 Å². The number of hydrogen-bond acceptors (Lipinski definition) is 3. The third-order valence-electron chi connectivity index (χ3n) is 3.14. The molecule has 2 aromatic rings. The number of nitrogens with zero attached hydrogens (tertiary/aromatic N) is 1. The van der Waals surface area contributed by atoms with E-state index < -0.39 is 48.8 Å². The first kappa shape index (κ1) is 7.31. The predicted molar refractivity (Wildman–Crippen MR) is 82.5 cm³/mol. The summed E-state index contributed by atoms with van der Waals surface area (Å²) >= 11 is 0. The van der Waals surface area contributed by atoms with Crippen LogP contribution in [0.4, 0.5) is 4.79 Å². The molecule has 0 bridgehead atoms. The van der Waals surface area contributed by atoms with Crippen molar-refractivity contribution in [2.45, 2.75) is 18.8 Å². The first-order chi connectivity index (χ1) is 13.4. The van der Waals surface area contributed by atoms with E-state index in [9.17, 15) is 4.79 Å². The standard InChI is InChI=1S/C16H21N3O2/c1-19(2)6-5-12-9-17-15-4-3-11(8-14(12)15)7-13-10-21-16(20)18-13/h3-4,8-9,13,17H,5-7,10H2,1-2H3,(H,18,20)/t13-/m0/s1/i3D,4D,7D2,8D,9D/hD2. The quantitative estimate of drug-likeness (QED) is 0.886. The summed E-state index contributed by atoms with van der Waals surface area (Å²) in [7, 11) is 3.65. The van der Waals surface area contributed by atoms with Crippen LogP contribution in [0.15, 0.2) is 24.3 Å². The average Bonchev–Trinajstić information content (AvgIpc) is 3.09. The Morgan fingerprint density at radius 1 is 1.57 bits per heavy atom. The molecule has 0 unspecified atom stereocenters. The van der Waals surface area contributed by atoms with E-state index in [4.69, 9.17) is 15.8 Å². The Kier molecular flexibility index (Phi) is 2.01. The second-order valence-corrected chi connectivity index (χ2v) is 5.10. The number of benzene rings is 1. The van der Waals surface area contributed by atoms with Gasteiger partial charge in [0.2, 0.25) is 0 Å². The smallest absolute Gasteiger partial charge is 0.407 e. The summed E-state index contributed by atoms with van der Waals surface area (Å²) in [6.45, 7) is 0.0876. The summed E-state index contributed by atoms with van der Waals surface area (Å²) in [5, 5.41) is 0.416. The Bertz CT molecular complexity index is 991. The van der Waals surface area contributed by atoms with Gasteiger partial charge in [0, 0.05) is 26.4 Å². The number of likely N-dealkylation sites (N-methyl/N-ethyl adjacent to an activating group) is 1. The first-order valence-electron chi connectivity index (χ1n) is 10.5. The molecule has 2 N–H and O–H groups in total. The molecule has 1 aliphatic heterocycles. The van der Waals surface area contributed by atoms with E-state index in [0.717, 1.165) is 0 Å². The predicted octanol–water partition coefficient (Wildman–Crippen LogP) is 1.92. The number of rotatable bonds is 5. The normalized spacial score (nSPS) is 24.8. The lowest BCUT2D eigenvalue weighted by Gasteiger charge is -2.09. The van der Waals surface area contributed by atoms with E-state index in [2.05, 4.69) is 0 Å². The van der Waals surface area contributed by atoms with Crippen molar-refractivity contribution in [2.24, 2.45) is 0 Å². The highest BCUT2D eigenvalue weighted by Crippen LogP contribution is 2.21. The van der Waals surface area contributed by atoms with Crippen LogP contribution in [0.25, 0.3) is 10.9 Å². The van der Waals surface area contributed by atoms with Gasteiger partial charge in [0.15, 0.2) is 2.82 Å². The Morgan fingerprint density at radius 2 is 2.43 bits per heavy atom. The number of fused-ring (bicyclic) bond motifs is 1. The van der Waals surface area contributed by atoms with Crippen molar-refractivity contribution in [1.29, 1.82) is 0 Å². The molecule has 1 amide bonds. The number of H-pyrrole nitrogens is 1. The maximum atomic E-state index is 11.5. The Labute approximate surface area is 135 Å². The van der Waals surface area contributed by atoms with Gasteiger partial charge in [-0.1, -0.05) is 6.04 Å². The van der Waals surface area contributed by atoms with Crippen molar-refractivity contribution in [3.8, 4) is 0 Å². The number of cyclic esters (lactones) is 1. The molecule has 21 heavy (non-hydrogen) atoms. The van der Waals surface area contributed by atoms with E-state index in [-0.39, 0.29) is 17.1 Å². The highest BCUT2D eigenvalue weighted by atomic mass is 16.6. The molecular formula is C16H21N3O2. The van der Waals surface area contributed by atoms with Gasteiger partial charge in [0.05, 0.1) is 11.5 Å². The van der Waals surface area contributed by atoms with Crippen LogP contribution in [-0.4, -0.2) is 49.3 Å². The molecule has 1 aliphatic rings. The number of carbonyl (C=O) groups is 1. The number of hydrogen-bond donors (Lipinski definition) is 2. The Hall–Kier alpha value is -2.01. The summed E-state index contributed by atoms with van der Waals surface area (Å²) in [6, 6.07) is -2.88. The average molecular weight is 295 g/mol. The highest BCUT2D eigenvalue weighted by molar-refractivity contribution is 5.84. The van der Waals surface area contributed by atoms with Crippen LogP contribution in [0, 0.1) is 0 Å². The van der Waals surface area contributed by atoms with Gasteiger partial charge in [-0.3, -0.25) is 0 Å². The molecule has 5 heteroatoms. The van der Waals surface area contributed by atoms with Gasteiger partial charge < -0.3 is 19.9 Å². The molecule has 1 aromatic heterocycles. The lowest BCUT2D eigenvalue weighted by molar-refractivity contribution is 0.177. The number of amides is 1. The molecule has 0 aliphatic carbocycles. The highest BCUT2D eigenvalue weighted by Gasteiger charge is 2.22. The van der Waals surface area contributed by atoms with Gasteiger partial charge in [0.1, 0.15) is 6.61 Å². The summed E-state index contributed by atoms with van der Waals surface area (Å²) in [5.74, 6) is 0. The van der Waals surface area contributed by atoms with Gasteiger partial charge >= 0.3 is 6.09 Å². The van der Waals surface area contributed by atoms with Crippen LogP contribution in [0.2, 0.25) is 2.82 Å². The van der Waals surface area contributed by atoms with Gasteiger partial charge in [0.25, 0.3) is 0 Å². The molecule has 5 nitrogen and oxygen atoms in total. The fraction of sp³-hybridized carbons (Fsp3) is 0.438. The topological polar surface area (TPSA) is 57.4 Å². The number of carbonyl (C=O) groups excluding carboxylic acids is 1. The molecule has 1 saturated heterocycles. The van der Waals surface area contributed by atoms with Crippen molar-refractivity contribution < 1.29 is 20.6 Å². The molecule has 1 aromatic carbocycles. The molecule has 0 spiro atoms. The number of alkyl carbamates (subject to hydrolysis) is 1. The molecule has 0 radical (unpaired) electrons. The van der Waals surface area contributed by atoms with Crippen LogP contribution >= 0.6 is 0 Å². The van der Waals surface area contributed by atoms with Crippen molar-refractivity contribution in [3.05, 3.63) is 35.4 Å². The molecule has 0 saturated carbocycles. The van der Waals surface area contributed by atoms with Crippen molar-refractivity contribution in [3.63, 3.8) is 0 Å².